The average Bonchev–Trinajstić information content (AvgIpc) is 2.96. The Balaban J connectivity index is 2.53. The lowest BCUT2D eigenvalue weighted by Crippen LogP contribution is -2.10. The van der Waals surface area contributed by atoms with Crippen LogP contribution in [0, 0.1) is 0 Å². The van der Waals surface area contributed by atoms with Crippen LogP contribution in [0.25, 0.3) is 9.75 Å². The lowest BCUT2D eigenvalue weighted by Gasteiger charge is -2.17. The van der Waals surface area contributed by atoms with Crippen LogP contribution in [0.15, 0.2) is 25.8 Å². The van der Waals surface area contributed by atoms with Crippen molar-refractivity contribution in [3.63, 3.8) is 0 Å². The molecule has 110 valence electrons. The van der Waals surface area contributed by atoms with Crippen LogP contribution in [-0.2, 0) is 13.6 Å². The Kier molecular flexibility index (Phi) is 6.06. The summed E-state index contributed by atoms with van der Waals surface area (Å²) >= 11 is 10.0. The maximum absolute atomic E-state index is 13.0. The van der Waals surface area contributed by atoms with Crippen LogP contribution in [0.3, 0.4) is 0 Å². The Hall–Kier alpha value is 0.510. The quantitative estimate of drug-likeness (QED) is 0.505. The summed E-state index contributed by atoms with van der Waals surface area (Å²) in [6.07, 6.45) is 0. The summed E-state index contributed by atoms with van der Waals surface area (Å²) in [5.74, 6) is 0. The van der Waals surface area contributed by atoms with Crippen LogP contribution in [0.1, 0.15) is 13.8 Å². The fraction of sp³-hybridized carbons (Fsp3) is 0.333. The molecule has 0 aliphatic heterocycles. The highest BCUT2D eigenvalue weighted by Crippen LogP contribution is 2.52. The second-order valence-electron chi connectivity index (χ2n) is 3.70. The van der Waals surface area contributed by atoms with Gasteiger partial charge >= 0.3 is 7.60 Å². The van der Waals surface area contributed by atoms with Crippen molar-refractivity contribution in [2.45, 2.75) is 13.8 Å². The minimum absolute atomic E-state index is 0.346. The van der Waals surface area contributed by atoms with Crippen molar-refractivity contribution in [1.82, 2.24) is 0 Å². The minimum Gasteiger partial charge on any atom is -0.305 e. The molecule has 0 unspecified atom stereocenters. The van der Waals surface area contributed by atoms with Crippen molar-refractivity contribution in [2.75, 3.05) is 13.2 Å². The van der Waals surface area contributed by atoms with E-state index < -0.39 is 7.60 Å². The van der Waals surface area contributed by atoms with Crippen LogP contribution < -0.4 is 5.30 Å². The minimum atomic E-state index is -3.27. The van der Waals surface area contributed by atoms with Crippen LogP contribution >= 0.6 is 62.1 Å². The molecule has 0 N–H and O–H groups in total. The molecule has 0 spiro atoms. The summed E-state index contributed by atoms with van der Waals surface area (Å²) in [4.78, 5) is 1.97. The molecule has 0 saturated heterocycles. The van der Waals surface area contributed by atoms with Crippen molar-refractivity contribution in [3.8, 4) is 9.75 Å². The molecule has 0 fully saturated rings. The lowest BCUT2D eigenvalue weighted by molar-refractivity contribution is 0.230. The number of rotatable bonds is 6. The third-order valence-electron chi connectivity index (χ3n) is 2.37. The van der Waals surface area contributed by atoms with E-state index in [4.69, 9.17) is 9.05 Å². The highest BCUT2D eigenvalue weighted by Gasteiger charge is 2.32. The molecule has 2 aromatic rings. The fourth-order valence-corrected chi connectivity index (χ4v) is 7.19. The predicted molar refractivity (Wildman–Crippen MR) is 93.5 cm³/mol. The van der Waals surface area contributed by atoms with Gasteiger partial charge in [0.1, 0.15) is 0 Å². The molecule has 2 heterocycles. The molecule has 20 heavy (non-hydrogen) atoms. The Labute approximate surface area is 143 Å². The molecule has 3 nitrogen and oxygen atoms in total. The third-order valence-corrected chi connectivity index (χ3v) is 8.10. The predicted octanol–water partition coefficient (Wildman–Crippen LogP) is 5.89. The van der Waals surface area contributed by atoms with Gasteiger partial charge in [-0.3, -0.25) is 4.57 Å². The first-order chi connectivity index (χ1) is 9.50. The summed E-state index contributed by atoms with van der Waals surface area (Å²) in [5, 5.41) is 0.632. The maximum atomic E-state index is 13.0. The third kappa shape index (κ3) is 3.64. The van der Waals surface area contributed by atoms with Crippen molar-refractivity contribution in [3.05, 3.63) is 25.8 Å². The molecule has 0 radical (unpaired) electrons. The van der Waals surface area contributed by atoms with E-state index in [-0.39, 0.29) is 0 Å². The van der Waals surface area contributed by atoms with Gasteiger partial charge in [0.05, 0.1) is 31.0 Å². The SMILES string of the molecule is CCOP(=O)(OCC)c1cc(Br)sc1-c1ccc(Br)s1. The summed E-state index contributed by atoms with van der Waals surface area (Å²) in [6, 6.07) is 5.81. The Bertz CT molecular complexity index is 628. The average molecular weight is 460 g/mol. The molecule has 0 saturated carbocycles. The molecule has 0 aliphatic rings. The molecule has 0 atom stereocenters. The molecule has 8 heteroatoms. The van der Waals surface area contributed by atoms with Crippen LogP contribution in [-0.4, -0.2) is 13.2 Å². The van der Waals surface area contributed by atoms with E-state index >= 15 is 0 Å². The molecule has 0 aliphatic carbocycles. The monoisotopic (exact) mass is 458 g/mol. The van der Waals surface area contributed by atoms with Crippen molar-refractivity contribution in [2.24, 2.45) is 0 Å². The van der Waals surface area contributed by atoms with Crippen molar-refractivity contribution < 1.29 is 13.6 Å². The largest absolute Gasteiger partial charge is 0.362 e. The van der Waals surface area contributed by atoms with Crippen molar-refractivity contribution in [1.29, 1.82) is 0 Å². The molecule has 0 amide bonds. The van der Waals surface area contributed by atoms with Gasteiger partial charge in [-0.15, -0.1) is 22.7 Å². The molecule has 2 rings (SSSR count). The van der Waals surface area contributed by atoms with Crippen LogP contribution in [0.4, 0.5) is 0 Å². The molecular formula is C12H13Br2O3PS2. The zero-order chi connectivity index (χ0) is 14.8. The first kappa shape index (κ1) is 16.9. The van der Waals surface area contributed by atoms with Gasteiger partial charge in [0.2, 0.25) is 0 Å². The van der Waals surface area contributed by atoms with E-state index in [0.29, 0.717) is 18.5 Å². The maximum Gasteiger partial charge on any atom is 0.362 e. The van der Waals surface area contributed by atoms with E-state index in [1.807, 2.05) is 32.0 Å². The second kappa shape index (κ2) is 7.18. The fourth-order valence-electron chi connectivity index (χ4n) is 1.68. The van der Waals surface area contributed by atoms with Gasteiger partial charge in [-0.2, -0.15) is 0 Å². The van der Waals surface area contributed by atoms with Gasteiger partial charge in [-0.05, 0) is 63.9 Å². The van der Waals surface area contributed by atoms with Crippen molar-refractivity contribution >= 4 is 67.4 Å². The standard InChI is InChI=1S/C12H13Br2O3PS2/c1-3-16-18(15,17-4-2)8-7-11(14)20-12(8)9-5-6-10(13)19-9/h5-7H,3-4H2,1-2H3. The first-order valence-corrected chi connectivity index (χ1v) is 10.7. The summed E-state index contributed by atoms with van der Waals surface area (Å²) in [7, 11) is -3.27. The summed E-state index contributed by atoms with van der Waals surface area (Å²) in [5.41, 5.74) is 0. The summed E-state index contributed by atoms with van der Waals surface area (Å²) in [6.45, 7) is 4.32. The van der Waals surface area contributed by atoms with Gasteiger partial charge in [0, 0.05) is 4.88 Å². The normalized spacial score (nSPS) is 12.0. The summed E-state index contributed by atoms with van der Waals surface area (Å²) < 4.78 is 25.8. The highest BCUT2D eigenvalue weighted by molar-refractivity contribution is 9.11. The zero-order valence-corrected chi connectivity index (χ0v) is 16.6. The van der Waals surface area contributed by atoms with E-state index in [1.54, 1.807) is 11.3 Å². The number of halogens is 2. The van der Waals surface area contributed by atoms with Gasteiger partial charge < -0.3 is 9.05 Å². The zero-order valence-electron chi connectivity index (χ0n) is 10.9. The topological polar surface area (TPSA) is 35.5 Å². The Morgan fingerprint density at radius 1 is 1.10 bits per heavy atom. The molecule has 2 aromatic heterocycles. The van der Waals surface area contributed by atoms with E-state index in [1.165, 1.54) is 11.3 Å². The smallest absolute Gasteiger partial charge is 0.305 e. The molecule has 0 aromatic carbocycles. The van der Waals surface area contributed by atoms with Crippen LogP contribution in [0.2, 0.25) is 0 Å². The van der Waals surface area contributed by atoms with E-state index in [2.05, 4.69) is 31.9 Å². The highest BCUT2D eigenvalue weighted by atomic mass is 79.9. The van der Waals surface area contributed by atoms with Gasteiger partial charge in [-0.25, -0.2) is 0 Å². The lowest BCUT2D eigenvalue weighted by atomic mass is 10.4. The molecule has 0 bridgehead atoms. The number of hydrogen-bond acceptors (Lipinski definition) is 5. The number of thiophene rings is 2. The molecular weight excluding hydrogens is 447 g/mol. The van der Waals surface area contributed by atoms with E-state index in [9.17, 15) is 4.57 Å². The van der Waals surface area contributed by atoms with E-state index in [0.717, 1.165) is 17.3 Å². The second-order valence-corrected chi connectivity index (χ2v) is 10.6. The Morgan fingerprint density at radius 3 is 2.25 bits per heavy atom. The number of hydrogen-bond donors (Lipinski definition) is 0. The van der Waals surface area contributed by atoms with Gasteiger partial charge in [0.15, 0.2) is 0 Å². The Morgan fingerprint density at radius 2 is 1.75 bits per heavy atom. The van der Waals surface area contributed by atoms with Gasteiger partial charge in [0.25, 0.3) is 0 Å². The first-order valence-electron chi connectivity index (χ1n) is 5.95. The van der Waals surface area contributed by atoms with Crippen LogP contribution in [0.5, 0.6) is 0 Å². The van der Waals surface area contributed by atoms with Gasteiger partial charge in [-0.1, -0.05) is 0 Å².